The van der Waals surface area contributed by atoms with Gasteiger partial charge in [0, 0.05) is 13.0 Å². The Kier molecular flexibility index (Phi) is 5.92. The second kappa shape index (κ2) is 8.77. The predicted octanol–water partition coefficient (Wildman–Crippen LogP) is -0.584. The van der Waals surface area contributed by atoms with Crippen LogP contribution in [-0.2, 0) is 24.1 Å². The van der Waals surface area contributed by atoms with E-state index in [1.807, 2.05) is 12.1 Å². The molecule has 1 aromatic heterocycles. The Hall–Kier alpha value is -2.80. The van der Waals surface area contributed by atoms with Gasteiger partial charge in [0.2, 0.25) is 6.29 Å². The van der Waals surface area contributed by atoms with Crippen molar-refractivity contribution in [3.63, 3.8) is 0 Å². The van der Waals surface area contributed by atoms with Gasteiger partial charge in [0.1, 0.15) is 29.0 Å². The van der Waals surface area contributed by atoms with E-state index in [4.69, 9.17) is 14.2 Å². The van der Waals surface area contributed by atoms with E-state index in [0.29, 0.717) is 30.6 Å². The Labute approximate surface area is 194 Å². The van der Waals surface area contributed by atoms with E-state index in [0.717, 1.165) is 23.3 Å². The summed E-state index contributed by atoms with van der Waals surface area (Å²) in [7, 11) is 0. The fourth-order valence-corrected chi connectivity index (χ4v) is 4.45. The molecule has 5 N–H and O–H groups in total. The molecule has 1 saturated heterocycles. The van der Waals surface area contributed by atoms with Crippen molar-refractivity contribution < 1.29 is 39.7 Å². The average molecular weight is 473 g/mol. The van der Waals surface area contributed by atoms with E-state index >= 15 is 0 Å². The molecule has 5 atom stereocenters. The Morgan fingerprint density at radius 3 is 2.82 bits per heavy atom. The van der Waals surface area contributed by atoms with Crippen molar-refractivity contribution in [3.05, 3.63) is 47.0 Å². The standard InChI is InChI=1S/C23H27N3O8/c1-12-8-15-19(17(9-12)34-23(31)21(29)20(28)18(11-27)33-22(23)30)26(25-24-15)6-4-13-2-3-16-14(10-13)5-7-32-16/h2-3,8-10,18,20-22,27-31H,4-7,11H2,1H3/t18-,20-,21+,22+,23+/m1/s1. The van der Waals surface area contributed by atoms with Gasteiger partial charge in [-0.15, -0.1) is 5.10 Å². The summed E-state index contributed by atoms with van der Waals surface area (Å²) in [6.45, 7) is 2.27. The molecule has 0 amide bonds. The minimum absolute atomic E-state index is 0.0983. The first-order chi connectivity index (χ1) is 16.3. The molecule has 2 aliphatic rings. The third kappa shape index (κ3) is 3.90. The smallest absolute Gasteiger partial charge is 0.288 e. The third-order valence-electron chi connectivity index (χ3n) is 6.32. The van der Waals surface area contributed by atoms with Crippen LogP contribution >= 0.6 is 0 Å². The molecule has 3 heterocycles. The highest BCUT2D eigenvalue weighted by Crippen LogP contribution is 2.35. The van der Waals surface area contributed by atoms with Gasteiger partial charge in [0.05, 0.1) is 13.2 Å². The van der Waals surface area contributed by atoms with E-state index in [2.05, 4.69) is 16.4 Å². The number of aliphatic hydroxyl groups excluding tert-OH is 4. The molecule has 11 heteroatoms. The van der Waals surface area contributed by atoms with E-state index in [1.165, 1.54) is 5.56 Å². The van der Waals surface area contributed by atoms with Crippen LogP contribution in [0, 0.1) is 6.92 Å². The van der Waals surface area contributed by atoms with Crippen LogP contribution in [0.5, 0.6) is 11.5 Å². The van der Waals surface area contributed by atoms with Crippen LogP contribution in [-0.4, -0.2) is 84.1 Å². The fourth-order valence-electron chi connectivity index (χ4n) is 4.45. The molecule has 11 nitrogen and oxygen atoms in total. The molecule has 3 aromatic rings. The summed E-state index contributed by atoms with van der Waals surface area (Å²) in [4.78, 5) is 0. The summed E-state index contributed by atoms with van der Waals surface area (Å²) in [6.07, 6.45) is -5.43. The Balaban J connectivity index is 1.44. The van der Waals surface area contributed by atoms with Gasteiger partial charge in [0.15, 0.2) is 11.9 Å². The summed E-state index contributed by atoms with van der Waals surface area (Å²) < 4.78 is 18.0. The molecular weight excluding hydrogens is 446 g/mol. The van der Waals surface area contributed by atoms with Crippen molar-refractivity contribution >= 4 is 11.0 Å². The van der Waals surface area contributed by atoms with Crippen molar-refractivity contribution in [1.82, 2.24) is 15.0 Å². The molecule has 2 aliphatic heterocycles. The molecule has 0 saturated carbocycles. The molecule has 2 aromatic carbocycles. The van der Waals surface area contributed by atoms with Gasteiger partial charge in [-0.1, -0.05) is 17.3 Å². The Morgan fingerprint density at radius 2 is 2.03 bits per heavy atom. The van der Waals surface area contributed by atoms with Crippen LogP contribution in [0.3, 0.4) is 0 Å². The number of nitrogens with zero attached hydrogens (tertiary/aromatic N) is 3. The zero-order valence-corrected chi connectivity index (χ0v) is 18.5. The zero-order valence-electron chi connectivity index (χ0n) is 18.5. The lowest BCUT2D eigenvalue weighted by molar-refractivity contribution is -0.385. The van der Waals surface area contributed by atoms with Crippen LogP contribution in [0.4, 0.5) is 0 Å². The topological polar surface area (TPSA) is 160 Å². The zero-order chi connectivity index (χ0) is 24.0. The van der Waals surface area contributed by atoms with Crippen molar-refractivity contribution in [1.29, 1.82) is 0 Å². The van der Waals surface area contributed by atoms with Gasteiger partial charge in [-0.05, 0) is 48.2 Å². The minimum Gasteiger partial charge on any atom is -0.493 e. The average Bonchev–Trinajstić information content (AvgIpc) is 3.45. The number of aryl methyl sites for hydroxylation is 3. The number of benzene rings is 2. The van der Waals surface area contributed by atoms with Gasteiger partial charge in [0.25, 0.3) is 5.79 Å². The van der Waals surface area contributed by atoms with Gasteiger partial charge in [-0.2, -0.15) is 0 Å². The third-order valence-corrected chi connectivity index (χ3v) is 6.32. The predicted molar refractivity (Wildman–Crippen MR) is 117 cm³/mol. The first-order valence-corrected chi connectivity index (χ1v) is 11.1. The largest absolute Gasteiger partial charge is 0.493 e. The summed E-state index contributed by atoms with van der Waals surface area (Å²) in [5.41, 5.74) is 3.96. The lowest BCUT2D eigenvalue weighted by Crippen LogP contribution is -2.69. The van der Waals surface area contributed by atoms with Crippen molar-refractivity contribution in [3.8, 4) is 11.5 Å². The molecule has 182 valence electrons. The maximum Gasteiger partial charge on any atom is 0.288 e. The van der Waals surface area contributed by atoms with Gasteiger partial charge in [-0.25, -0.2) is 4.68 Å². The first kappa shape index (κ1) is 23.0. The molecule has 0 aliphatic carbocycles. The second-order valence-corrected chi connectivity index (χ2v) is 8.73. The van der Waals surface area contributed by atoms with E-state index in [9.17, 15) is 25.5 Å². The van der Waals surface area contributed by atoms with Crippen molar-refractivity contribution in [2.45, 2.75) is 56.7 Å². The molecule has 34 heavy (non-hydrogen) atoms. The van der Waals surface area contributed by atoms with E-state index in [-0.39, 0.29) is 5.75 Å². The monoisotopic (exact) mass is 473 g/mol. The second-order valence-electron chi connectivity index (χ2n) is 8.73. The molecule has 0 radical (unpaired) electrons. The quantitative estimate of drug-likeness (QED) is 0.293. The number of hydrogen-bond donors (Lipinski definition) is 5. The highest BCUT2D eigenvalue weighted by Gasteiger charge is 2.57. The molecule has 1 fully saturated rings. The maximum atomic E-state index is 11.0. The molecular formula is C23H27N3O8. The highest BCUT2D eigenvalue weighted by molar-refractivity contribution is 5.82. The van der Waals surface area contributed by atoms with Crippen LogP contribution in [0.25, 0.3) is 11.0 Å². The first-order valence-electron chi connectivity index (χ1n) is 11.1. The van der Waals surface area contributed by atoms with Gasteiger partial charge >= 0.3 is 0 Å². The number of fused-ring (bicyclic) bond motifs is 2. The number of hydrogen-bond acceptors (Lipinski definition) is 10. The van der Waals surface area contributed by atoms with E-state index in [1.54, 1.807) is 23.7 Å². The highest BCUT2D eigenvalue weighted by atomic mass is 16.7. The van der Waals surface area contributed by atoms with Crippen LogP contribution in [0.2, 0.25) is 0 Å². The lowest BCUT2D eigenvalue weighted by Gasteiger charge is -2.45. The number of rotatable bonds is 6. The van der Waals surface area contributed by atoms with Crippen molar-refractivity contribution in [2.24, 2.45) is 0 Å². The van der Waals surface area contributed by atoms with Gasteiger partial charge in [-0.3, -0.25) is 0 Å². The number of aliphatic hydroxyl groups is 5. The normalized spacial score (nSPS) is 28.6. The van der Waals surface area contributed by atoms with Gasteiger partial charge < -0.3 is 39.7 Å². The van der Waals surface area contributed by atoms with Crippen LogP contribution in [0.1, 0.15) is 16.7 Å². The van der Waals surface area contributed by atoms with Crippen LogP contribution < -0.4 is 9.47 Å². The minimum atomic E-state index is -2.69. The fraction of sp³-hybridized carbons (Fsp3) is 0.478. The summed E-state index contributed by atoms with van der Waals surface area (Å²) >= 11 is 0. The molecule has 5 rings (SSSR count). The molecule has 0 unspecified atom stereocenters. The van der Waals surface area contributed by atoms with Crippen LogP contribution in [0.15, 0.2) is 30.3 Å². The summed E-state index contributed by atoms with van der Waals surface area (Å²) in [5, 5.41) is 59.7. The molecule has 0 spiro atoms. The SMILES string of the molecule is Cc1cc(O[C@]2(O)[C@@H](O)O[C@H](CO)[C@@H](O)[C@@H]2O)c2c(c1)nnn2CCc1ccc2c(c1)CCO2. The maximum absolute atomic E-state index is 11.0. The Morgan fingerprint density at radius 1 is 1.21 bits per heavy atom. The lowest BCUT2D eigenvalue weighted by atomic mass is 9.96. The number of aromatic nitrogens is 3. The molecule has 0 bridgehead atoms. The summed E-state index contributed by atoms with van der Waals surface area (Å²) in [6, 6.07) is 9.47. The summed E-state index contributed by atoms with van der Waals surface area (Å²) in [5.74, 6) is -1.69. The Bertz CT molecular complexity index is 1200. The van der Waals surface area contributed by atoms with Crippen molar-refractivity contribution in [2.75, 3.05) is 13.2 Å². The van der Waals surface area contributed by atoms with E-state index < -0.39 is 37.0 Å². The number of ether oxygens (including phenoxy) is 3.